The number of aliphatic hydroxyl groups excluding tert-OH is 1. The third kappa shape index (κ3) is 6.18. The number of sulfonamides is 2. The fourth-order valence-electron chi connectivity index (χ4n) is 4.39. The van der Waals surface area contributed by atoms with Crippen molar-refractivity contribution >= 4 is 43.0 Å². The number of para-hydroxylation sites is 1. The Balaban J connectivity index is 1.75. The number of nitrogens with one attached hydrogen (secondary N) is 1. The molecule has 1 amide bonds. The molecule has 0 bridgehead atoms. The minimum Gasteiger partial charge on any atom is -0.486 e. The summed E-state index contributed by atoms with van der Waals surface area (Å²) in [4.78, 5) is 15.3. The van der Waals surface area contributed by atoms with Crippen LogP contribution in [0.25, 0.3) is 0 Å². The monoisotopic (exact) mass is 607 g/mol. The molecule has 0 saturated heterocycles. The SMILES string of the molecule is Cc1ccc(S(=O)(=O)N(C)C[C@H]2Oc3c(NS(=O)(=O)c4cccs4)cccc3C(=O)N([C@@H](C)CO)C[C@@H]2C)cc1. The lowest BCUT2D eigenvalue weighted by Crippen LogP contribution is -2.50. The number of aryl methyl sites for hydroxylation is 1. The maximum atomic E-state index is 13.6. The van der Waals surface area contributed by atoms with Crippen LogP contribution in [0.4, 0.5) is 5.69 Å². The summed E-state index contributed by atoms with van der Waals surface area (Å²) < 4.78 is 63.0. The Bertz CT molecular complexity index is 1560. The Labute approximate surface area is 239 Å². The standard InChI is InChI=1S/C27H33N3O7S3/c1-18-10-12-21(13-11-18)40(35,36)29(4)16-24-19(2)15-30(20(3)17-31)27(32)22-7-5-8-23(26(22)37-24)28-39(33,34)25-9-6-14-38-25/h5-14,19-20,24,28,31H,15-17H2,1-4H3/t19-,20-,24+/m0/s1. The van der Waals surface area contributed by atoms with E-state index in [1.165, 1.54) is 34.5 Å². The lowest BCUT2D eigenvalue weighted by atomic mass is 9.99. The molecule has 1 aromatic heterocycles. The van der Waals surface area contributed by atoms with Crippen molar-refractivity contribution in [1.82, 2.24) is 9.21 Å². The largest absolute Gasteiger partial charge is 0.486 e. The molecule has 0 aliphatic carbocycles. The van der Waals surface area contributed by atoms with E-state index in [9.17, 15) is 26.7 Å². The average Bonchev–Trinajstić information content (AvgIpc) is 3.47. The van der Waals surface area contributed by atoms with Gasteiger partial charge in [-0.15, -0.1) is 11.3 Å². The number of thiophene rings is 1. The number of amides is 1. The minimum atomic E-state index is -3.98. The van der Waals surface area contributed by atoms with E-state index in [1.807, 2.05) is 13.8 Å². The molecule has 2 heterocycles. The first-order chi connectivity index (χ1) is 18.8. The van der Waals surface area contributed by atoms with Gasteiger partial charge >= 0.3 is 0 Å². The van der Waals surface area contributed by atoms with Crippen molar-refractivity contribution in [3.63, 3.8) is 0 Å². The molecule has 0 spiro atoms. The Morgan fingerprint density at radius 3 is 2.45 bits per heavy atom. The number of likely N-dealkylation sites (N-methyl/N-ethyl adjacent to an activating group) is 1. The molecule has 1 aliphatic rings. The minimum absolute atomic E-state index is 0.000421. The molecule has 3 atom stereocenters. The van der Waals surface area contributed by atoms with Gasteiger partial charge in [0.05, 0.1) is 35.3 Å². The maximum absolute atomic E-state index is 13.6. The maximum Gasteiger partial charge on any atom is 0.271 e. The van der Waals surface area contributed by atoms with Crippen LogP contribution in [0.3, 0.4) is 0 Å². The highest BCUT2D eigenvalue weighted by Crippen LogP contribution is 2.36. The van der Waals surface area contributed by atoms with Gasteiger partial charge in [-0.3, -0.25) is 9.52 Å². The molecule has 0 saturated carbocycles. The molecule has 0 radical (unpaired) electrons. The molecule has 40 heavy (non-hydrogen) atoms. The van der Waals surface area contributed by atoms with Gasteiger partial charge in [0.1, 0.15) is 10.3 Å². The van der Waals surface area contributed by atoms with E-state index in [4.69, 9.17) is 4.74 Å². The van der Waals surface area contributed by atoms with Crippen molar-refractivity contribution in [2.45, 2.75) is 42.0 Å². The van der Waals surface area contributed by atoms with Crippen LogP contribution < -0.4 is 9.46 Å². The number of anilines is 1. The quantitative estimate of drug-likeness (QED) is 0.381. The molecule has 216 valence electrons. The molecule has 0 fully saturated rings. The highest BCUT2D eigenvalue weighted by Gasteiger charge is 2.36. The molecule has 13 heteroatoms. The van der Waals surface area contributed by atoms with Gasteiger partial charge in [0.25, 0.3) is 15.9 Å². The summed E-state index contributed by atoms with van der Waals surface area (Å²) in [5.41, 5.74) is 1.09. The van der Waals surface area contributed by atoms with Gasteiger partial charge in [-0.2, -0.15) is 4.31 Å². The molecule has 2 aromatic carbocycles. The highest BCUT2D eigenvalue weighted by molar-refractivity contribution is 7.94. The van der Waals surface area contributed by atoms with Gasteiger partial charge in [-0.1, -0.05) is 36.8 Å². The summed E-state index contributed by atoms with van der Waals surface area (Å²) >= 11 is 1.05. The van der Waals surface area contributed by atoms with Crippen LogP contribution in [-0.2, 0) is 20.0 Å². The smallest absolute Gasteiger partial charge is 0.271 e. The highest BCUT2D eigenvalue weighted by atomic mass is 32.2. The average molecular weight is 608 g/mol. The summed E-state index contributed by atoms with van der Waals surface area (Å²) in [5.74, 6) is -0.816. The summed E-state index contributed by atoms with van der Waals surface area (Å²) in [7, 11) is -6.39. The Morgan fingerprint density at radius 2 is 1.82 bits per heavy atom. The van der Waals surface area contributed by atoms with Crippen molar-refractivity contribution in [2.75, 3.05) is 31.5 Å². The second-order valence-electron chi connectivity index (χ2n) is 9.94. The van der Waals surface area contributed by atoms with Gasteiger partial charge in [-0.25, -0.2) is 16.8 Å². The molecule has 10 nitrogen and oxygen atoms in total. The molecule has 4 rings (SSSR count). The number of hydrogen-bond acceptors (Lipinski definition) is 8. The van der Waals surface area contributed by atoms with Crippen molar-refractivity contribution in [3.05, 3.63) is 71.1 Å². The van der Waals surface area contributed by atoms with Gasteiger partial charge in [0, 0.05) is 19.5 Å². The number of aliphatic hydroxyl groups is 1. The number of rotatable bonds is 9. The summed E-state index contributed by atoms with van der Waals surface area (Å²) in [5, 5.41) is 11.5. The third-order valence-corrected chi connectivity index (χ3v) is 11.5. The summed E-state index contributed by atoms with van der Waals surface area (Å²) in [6.07, 6.45) is -0.766. The lowest BCUT2D eigenvalue weighted by Gasteiger charge is -2.38. The predicted octanol–water partition coefficient (Wildman–Crippen LogP) is 3.40. The topological polar surface area (TPSA) is 133 Å². The lowest BCUT2D eigenvalue weighted by molar-refractivity contribution is 0.0389. The van der Waals surface area contributed by atoms with E-state index < -0.39 is 38.1 Å². The molecule has 2 N–H and O–H groups in total. The number of ether oxygens (including phenoxy) is 1. The number of carbonyl (C=O) groups is 1. The number of nitrogens with zero attached hydrogens (tertiary/aromatic N) is 2. The van der Waals surface area contributed by atoms with Crippen molar-refractivity contribution in [3.8, 4) is 5.75 Å². The Morgan fingerprint density at radius 1 is 1.12 bits per heavy atom. The zero-order chi connectivity index (χ0) is 29.2. The van der Waals surface area contributed by atoms with Crippen LogP contribution in [-0.4, -0.2) is 75.9 Å². The van der Waals surface area contributed by atoms with Crippen LogP contribution >= 0.6 is 11.3 Å². The third-order valence-electron chi connectivity index (χ3n) is 6.86. The molecule has 1 aliphatic heterocycles. The molecular formula is C27H33N3O7S3. The summed E-state index contributed by atoms with van der Waals surface area (Å²) in [6, 6.07) is 13.6. The van der Waals surface area contributed by atoms with E-state index in [0.717, 1.165) is 16.9 Å². The molecule has 0 unspecified atom stereocenters. The van der Waals surface area contributed by atoms with Crippen molar-refractivity contribution < 1.29 is 31.5 Å². The second-order valence-corrected chi connectivity index (χ2v) is 14.8. The normalized spacial score (nSPS) is 18.9. The number of benzene rings is 2. The first kappa shape index (κ1) is 30.0. The number of hydrogen-bond donors (Lipinski definition) is 2. The van der Waals surface area contributed by atoms with E-state index in [0.29, 0.717) is 0 Å². The summed E-state index contributed by atoms with van der Waals surface area (Å²) in [6.45, 7) is 5.23. The van der Waals surface area contributed by atoms with Gasteiger partial charge < -0.3 is 14.7 Å². The zero-order valence-electron chi connectivity index (χ0n) is 22.6. The van der Waals surface area contributed by atoms with Gasteiger partial charge in [-0.05, 0) is 49.6 Å². The zero-order valence-corrected chi connectivity index (χ0v) is 25.1. The Kier molecular flexibility index (Phi) is 8.90. The van der Waals surface area contributed by atoms with E-state index in [2.05, 4.69) is 4.72 Å². The fourth-order valence-corrected chi connectivity index (χ4v) is 7.63. The number of fused-ring (bicyclic) bond motifs is 1. The molecular weight excluding hydrogens is 575 g/mol. The Hall–Kier alpha value is -2.97. The van der Waals surface area contributed by atoms with Crippen LogP contribution in [0.5, 0.6) is 5.75 Å². The number of carbonyl (C=O) groups excluding carboxylic acids is 1. The van der Waals surface area contributed by atoms with Crippen LogP contribution in [0.15, 0.2) is 69.1 Å². The van der Waals surface area contributed by atoms with Crippen molar-refractivity contribution in [2.24, 2.45) is 5.92 Å². The van der Waals surface area contributed by atoms with E-state index in [-0.39, 0.29) is 51.7 Å². The van der Waals surface area contributed by atoms with E-state index in [1.54, 1.807) is 48.7 Å². The second kappa shape index (κ2) is 11.9. The fraction of sp³-hybridized carbons (Fsp3) is 0.370. The van der Waals surface area contributed by atoms with Crippen LogP contribution in [0.1, 0.15) is 29.8 Å². The van der Waals surface area contributed by atoms with Gasteiger partial charge in [0.15, 0.2) is 5.75 Å². The van der Waals surface area contributed by atoms with Crippen LogP contribution in [0, 0.1) is 12.8 Å². The predicted molar refractivity (Wildman–Crippen MR) is 154 cm³/mol. The van der Waals surface area contributed by atoms with Crippen molar-refractivity contribution in [1.29, 1.82) is 0 Å². The first-order valence-electron chi connectivity index (χ1n) is 12.7. The van der Waals surface area contributed by atoms with Crippen LogP contribution in [0.2, 0.25) is 0 Å². The van der Waals surface area contributed by atoms with Gasteiger partial charge in [0.2, 0.25) is 10.0 Å². The first-order valence-corrected chi connectivity index (χ1v) is 16.5. The molecule has 3 aromatic rings. The van der Waals surface area contributed by atoms with E-state index >= 15 is 0 Å².